The van der Waals surface area contributed by atoms with Gasteiger partial charge in [-0.25, -0.2) is 4.79 Å². The summed E-state index contributed by atoms with van der Waals surface area (Å²) in [6.07, 6.45) is 0.599. The minimum atomic E-state index is -0.869. The highest BCUT2D eigenvalue weighted by Crippen LogP contribution is 2.40. The molecule has 1 spiro atoms. The Morgan fingerprint density at radius 2 is 2.06 bits per heavy atom. The number of esters is 1. The average molecular weight is 266 g/mol. The highest BCUT2D eigenvalue weighted by atomic mass is 35.5. The van der Waals surface area contributed by atoms with Crippen molar-refractivity contribution in [2.24, 2.45) is 0 Å². The molecule has 94 valence electrons. The maximum Gasteiger partial charge on any atom is 0.343 e. The van der Waals surface area contributed by atoms with Crippen molar-refractivity contribution in [3.05, 3.63) is 40.6 Å². The molecule has 2 heterocycles. The molecule has 2 N–H and O–H groups in total. The molecule has 3 rings (SSSR count). The SMILES string of the molecule is O=C1OC2(CCNC2)C(O)=C1c1ccc(Cl)cc1. The highest BCUT2D eigenvalue weighted by Gasteiger charge is 2.50. The number of carbonyl (C=O) groups is 1. The molecule has 5 heteroatoms. The molecular weight excluding hydrogens is 254 g/mol. The Balaban J connectivity index is 2.07. The van der Waals surface area contributed by atoms with Gasteiger partial charge in [-0.3, -0.25) is 0 Å². The third-order valence-electron chi connectivity index (χ3n) is 3.41. The Kier molecular flexibility index (Phi) is 2.57. The molecule has 0 aliphatic carbocycles. The predicted octanol–water partition coefficient (Wildman–Crippen LogP) is 1.90. The van der Waals surface area contributed by atoms with Crippen molar-refractivity contribution in [3.8, 4) is 0 Å². The zero-order valence-electron chi connectivity index (χ0n) is 9.57. The van der Waals surface area contributed by atoms with E-state index in [1.165, 1.54) is 0 Å². The van der Waals surface area contributed by atoms with E-state index in [1.54, 1.807) is 24.3 Å². The van der Waals surface area contributed by atoms with E-state index in [2.05, 4.69) is 5.32 Å². The zero-order valence-corrected chi connectivity index (χ0v) is 10.3. The summed E-state index contributed by atoms with van der Waals surface area (Å²) in [6, 6.07) is 6.78. The number of hydrogen-bond donors (Lipinski definition) is 2. The first-order valence-corrected chi connectivity index (χ1v) is 6.14. The minimum Gasteiger partial charge on any atom is -0.507 e. The molecule has 1 atom stereocenters. The second-order valence-corrected chi connectivity index (χ2v) is 4.98. The number of hydrogen-bond acceptors (Lipinski definition) is 4. The van der Waals surface area contributed by atoms with Gasteiger partial charge in [0.25, 0.3) is 0 Å². The molecule has 0 saturated carbocycles. The van der Waals surface area contributed by atoms with Crippen LogP contribution in [-0.2, 0) is 9.53 Å². The van der Waals surface area contributed by atoms with E-state index in [-0.39, 0.29) is 11.3 Å². The van der Waals surface area contributed by atoms with E-state index in [4.69, 9.17) is 16.3 Å². The Morgan fingerprint density at radius 3 is 2.67 bits per heavy atom. The van der Waals surface area contributed by atoms with Crippen LogP contribution in [-0.4, -0.2) is 29.8 Å². The van der Waals surface area contributed by atoms with Crippen LogP contribution >= 0.6 is 11.6 Å². The number of rotatable bonds is 1. The molecule has 1 aromatic rings. The third-order valence-corrected chi connectivity index (χ3v) is 3.66. The van der Waals surface area contributed by atoms with Crippen molar-refractivity contribution in [3.63, 3.8) is 0 Å². The molecule has 4 nitrogen and oxygen atoms in total. The molecule has 1 unspecified atom stereocenters. The Morgan fingerprint density at radius 1 is 1.33 bits per heavy atom. The monoisotopic (exact) mass is 265 g/mol. The van der Waals surface area contributed by atoms with Crippen molar-refractivity contribution in [2.75, 3.05) is 13.1 Å². The minimum absolute atomic E-state index is 0.0276. The third kappa shape index (κ3) is 1.61. The fraction of sp³-hybridized carbons (Fsp3) is 0.308. The summed E-state index contributed by atoms with van der Waals surface area (Å²) >= 11 is 5.81. The Hall–Kier alpha value is -1.52. The van der Waals surface area contributed by atoms with E-state index in [1.807, 2.05) is 0 Å². The summed E-state index contributed by atoms with van der Waals surface area (Å²) in [5, 5.41) is 14.0. The summed E-state index contributed by atoms with van der Waals surface area (Å²) in [6.45, 7) is 1.19. The lowest BCUT2D eigenvalue weighted by molar-refractivity contribution is -0.145. The molecule has 0 bridgehead atoms. The maximum absolute atomic E-state index is 11.9. The molecular formula is C13H12ClNO3. The quantitative estimate of drug-likeness (QED) is 0.762. The highest BCUT2D eigenvalue weighted by molar-refractivity contribution is 6.30. The topological polar surface area (TPSA) is 58.6 Å². The largest absolute Gasteiger partial charge is 0.507 e. The number of aliphatic hydroxyl groups is 1. The Labute approximate surface area is 109 Å². The molecule has 2 aliphatic rings. The number of halogens is 1. The van der Waals surface area contributed by atoms with Crippen molar-refractivity contribution < 1.29 is 14.6 Å². The van der Waals surface area contributed by atoms with Crippen LogP contribution in [0.1, 0.15) is 12.0 Å². The van der Waals surface area contributed by atoms with Gasteiger partial charge in [-0.1, -0.05) is 23.7 Å². The van der Waals surface area contributed by atoms with Gasteiger partial charge in [0, 0.05) is 18.0 Å². The van der Waals surface area contributed by atoms with Gasteiger partial charge in [0.15, 0.2) is 11.4 Å². The molecule has 1 aromatic carbocycles. The maximum atomic E-state index is 11.9. The van der Waals surface area contributed by atoms with Crippen LogP contribution in [0.15, 0.2) is 30.0 Å². The standard InChI is InChI=1S/C13H12ClNO3/c14-9-3-1-8(2-4-9)10-11(16)13(18-12(10)17)5-6-15-7-13/h1-4,15-16H,5-7H2. The smallest absolute Gasteiger partial charge is 0.343 e. The number of ether oxygens (including phenoxy) is 1. The number of aliphatic hydroxyl groups excluding tert-OH is 1. The summed E-state index contributed by atoms with van der Waals surface area (Å²) in [5.41, 5.74) is 0.00697. The van der Waals surface area contributed by atoms with E-state index < -0.39 is 11.6 Å². The van der Waals surface area contributed by atoms with Crippen molar-refractivity contribution in [1.82, 2.24) is 5.32 Å². The zero-order chi connectivity index (χ0) is 12.8. The van der Waals surface area contributed by atoms with Gasteiger partial charge < -0.3 is 15.2 Å². The summed E-state index contributed by atoms with van der Waals surface area (Å²) in [7, 11) is 0. The van der Waals surface area contributed by atoms with Crippen LogP contribution < -0.4 is 5.32 Å². The molecule has 0 aromatic heterocycles. The molecule has 1 saturated heterocycles. The lowest BCUT2D eigenvalue weighted by Gasteiger charge is -2.20. The van der Waals surface area contributed by atoms with Crippen LogP contribution in [0.5, 0.6) is 0 Å². The van der Waals surface area contributed by atoms with Gasteiger partial charge in [0.1, 0.15) is 5.57 Å². The van der Waals surface area contributed by atoms with Crippen LogP contribution in [0.4, 0.5) is 0 Å². The van der Waals surface area contributed by atoms with Crippen LogP contribution in [0.3, 0.4) is 0 Å². The van der Waals surface area contributed by atoms with E-state index in [0.717, 1.165) is 6.54 Å². The normalized spacial score (nSPS) is 27.1. The fourth-order valence-corrected chi connectivity index (χ4v) is 2.56. The van der Waals surface area contributed by atoms with Gasteiger partial charge in [0.2, 0.25) is 0 Å². The second kappa shape index (κ2) is 4.00. The first-order chi connectivity index (χ1) is 8.62. The number of benzene rings is 1. The second-order valence-electron chi connectivity index (χ2n) is 4.54. The van der Waals surface area contributed by atoms with Gasteiger partial charge >= 0.3 is 5.97 Å². The van der Waals surface area contributed by atoms with E-state index in [0.29, 0.717) is 23.6 Å². The van der Waals surface area contributed by atoms with E-state index in [9.17, 15) is 9.90 Å². The predicted molar refractivity (Wildman–Crippen MR) is 67.3 cm³/mol. The van der Waals surface area contributed by atoms with Gasteiger partial charge in [-0.2, -0.15) is 0 Å². The Bertz CT molecular complexity index is 530. The molecule has 1 fully saturated rings. The lowest BCUT2D eigenvalue weighted by Crippen LogP contribution is -2.34. The summed E-state index contributed by atoms with van der Waals surface area (Å²) < 4.78 is 5.36. The summed E-state index contributed by atoms with van der Waals surface area (Å²) in [4.78, 5) is 11.9. The van der Waals surface area contributed by atoms with Gasteiger partial charge in [-0.15, -0.1) is 0 Å². The number of nitrogens with one attached hydrogen (secondary N) is 1. The van der Waals surface area contributed by atoms with Crippen molar-refractivity contribution in [1.29, 1.82) is 0 Å². The molecule has 0 amide bonds. The first kappa shape index (κ1) is 11.6. The van der Waals surface area contributed by atoms with Gasteiger partial charge in [0.05, 0.1) is 0 Å². The van der Waals surface area contributed by atoms with Crippen LogP contribution in [0.2, 0.25) is 5.02 Å². The number of carbonyl (C=O) groups excluding carboxylic acids is 1. The first-order valence-electron chi connectivity index (χ1n) is 5.76. The average Bonchev–Trinajstić information content (AvgIpc) is 2.89. The van der Waals surface area contributed by atoms with Crippen LogP contribution in [0, 0.1) is 0 Å². The fourth-order valence-electron chi connectivity index (χ4n) is 2.43. The molecule has 18 heavy (non-hydrogen) atoms. The van der Waals surface area contributed by atoms with Crippen LogP contribution in [0.25, 0.3) is 5.57 Å². The molecule has 0 radical (unpaired) electrons. The van der Waals surface area contributed by atoms with E-state index >= 15 is 0 Å². The lowest BCUT2D eigenvalue weighted by atomic mass is 9.96. The summed E-state index contributed by atoms with van der Waals surface area (Å²) in [5.74, 6) is -0.446. The van der Waals surface area contributed by atoms with Crippen molar-refractivity contribution in [2.45, 2.75) is 12.0 Å². The van der Waals surface area contributed by atoms with Crippen molar-refractivity contribution >= 4 is 23.1 Å². The van der Waals surface area contributed by atoms with Gasteiger partial charge in [-0.05, 0) is 24.2 Å². The molecule has 2 aliphatic heterocycles.